The van der Waals surface area contributed by atoms with Crippen molar-refractivity contribution in [2.24, 2.45) is 11.8 Å². The Bertz CT molecular complexity index is 1130. The molecule has 0 saturated carbocycles. The van der Waals surface area contributed by atoms with Crippen molar-refractivity contribution in [3.63, 3.8) is 0 Å². The highest BCUT2D eigenvalue weighted by Gasteiger charge is 2.29. The zero-order valence-corrected chi connectivity index (χ0v) is 21.5. The van der Waals surface area contributed by atoms with Crippen molar-refractivity contribution in [1.82, 2.24) is 4.90 Å². The molecule has 1 aliphatic heterocycles. The van der Waals surface area contributed by atoms with Crippen LogP contribution in [0.25, 0.3) is 0 Å². The fourth-order valence-corrected chi connectivity index (χ4v) is 6.47. The maximum absolute atomic E-state index is 12.4. The van der Waals surface area contributed by atoms with Gasteiger partial charge in [-0.1, -0.05) is 30.7 Å². The second-order valence-corrected chi connectivity index (χ2v) is 13.8. The van der Waals surface area contributed by atoms with Crippen molar-refractivity contribution in [3.05, 3.63) is 59.1 Å². The molecule has 2 aromatic rings. The molecule has 0 spiro atoms. The second-order valence-electron chi connectivity index (χ2n) is 8.96. The fourth-order valence-electron chi connectivity index (χ4n) is 4.10. The number of hydrogen-bond acceptors (Lipinski definition) is 6. The van der Waals surface area contributed by atoms with Gasteiger partial charge in [0.05, 0.1) is 23.0 Å². The van der Waals surface area contributed by atoms with Crippen LogP contribution in [0.1, 0.15) is 18.9 Å². The average molecular weight is 514 g/mol. The summed E-state index contributed by atoms with van der Waals surface area (Å²) in [5.74, 6) is 1.23. The molecule has 1 fully saturated rings. The van der Waals surface area contributed by atoms with Crippen molar-refractivity contribution < 1.29 is 21.6 Å². The minimum Gasteiger partial charge on any atom is -0.493 e. The Morgan fingerprint density at radius 1 is 1.03 bits per heavy atom. The van der Waals surface area contributed by atoms with E-state index >= 15 is 0 Å². The van der Waals surface area contributed by atoms with Crippen LogP contribution in [0, 0.1) is 11.8 Å². The molecule has 0 N–H and O–H groups in total. The molecule has 182 valence electrons. The third kappa shape index (κ3) is 8.28. The van der Waals surface area contributed by atoms with E-state index in [1.54, 1.807) is 12.1 Å². The highest BCUT2D eigenvalue weighted by molar-refractivity contribution is 7.92. The average Bonchev–Trinajstić information content (AvgIpc) is 3.09. The van der Waals surface area contributed by atoms with E-state index in [9.17, 15) is 16.8 Å². The van der Waals surface area contributed by atoms with Crippen LogP contribution in [0.2, 0.25) is 5.02 Å². The predicted molar refractivity (Wildman–Crippen MR) is 133 cm³/mol. The van der Waals surface area contributed by atoms with Crippen LogP contribution in [0.4, 0.5) is 0 Å². The van der Waals surface area contributed by atoms with Crippen LogP contribution < -0.4 is 4.74 Å². The molecule has 1 saturated heterocycles. The Labute approximate surface area is 202 Å². The SMILES string of the molecule is C[C@@H]1CN(CCc2cccc(Cl)c2)C[C@@H]1COc1ccc(S(=O)(=O)CCCS(C)(=O)=O)cc1. The summed E-state index contributed by atoms with van der Waals surface area (Å²) >= 11 is 6.07. The Kier molecular flexibility index (Phi) is 8.83. The smallest absolute Gasteiger partial charge is 0.178 e. The first-order valence-corrected chi connectivity index (χ1v) is 15.2. The van der Waals surface area contributed by atoms with Gasteiger partial charge in [0.2, 0.25) is 0 Å². The molecule has 0 bridgehead atoms. The van der Waals surface area contributed by atoms with Gasteiger partial charge in [-0.05, 0) is 60.7 Å². The molecule has 2 atom stereocenters. The summed E-state index contributed by atoms with van der Waals surface area (Å²) in [6, 6.07) is 14.4. The number of likely N-dealkylation sites (tertiary alicyclic amines) is 1. The zero-order chi connectivity index (χ0) is 24.1. The molecule has 1 aliphatic rings. The fraction of sp³-hybridized carbons (Fsp3) is 0.500. The third-order valence-corrected chi connectivity index (χ3v) is 9.11. The van der Waals surface area contributed by atoms with Crippen LogP contribution in [0.3, 0.4) is 0 Å². The van der Waals surface area contributed by atoms with E-state index in [-0.39, 0.29) is 22.8 Å². The van der Waals surface area contributed by atoms with Gasteiger partial charge in [0.15, 0.2) is 9.84 Å². The highest BCUT2D eigenvalue weighted by Crippen LogP contribution is 2.25. The molecule has 3 rings (SSSR count). The summed E-state index contributed by atoms with van der Waals surface area (Å²) in [6.45, 7) is 5.79. The van der Waals surface area contributed by atoms with Gasteiger partial charge in [0, 0.05) is 36.8 Å². The number of benzene rings is 2. The van der Waals surface area contributed by atoms with Gasteiger partial charge >= 0.3 is 0 Å². The van der Waals surface area contributed by atoms with Crippen LogP contribution in [-0.2, 0) is 26.1 Å². The normalized spacial score (nSPS) is 19.6. The summed E-state index contributed by atoms with van der Waals surface area (Å²) in [5.41, 5.74) is 1.24. The summed E-state index contributed by atoms with van der Waals surface area (Å²) in [5, 5.41) is 0.765. The Hall–Kier alpha value is -1.61. The van der Waals surface area contributed by atoms with Crippen LogP contribution in [-0.4, -0.2) is 65.7 Å². The molecule has 0 amide bonds. The third-order valence-electron chi connectivity index (χ3n) is 6.02. The summed E-state index contributed by atoms with van der Waals surface area (Å²) in [7, 11) is -6.69. The molecule has 6 nitrogen and oxygen atoms in total. The minimum absolute atomic E-state index is 0.0901. The molecule has 1 heterocycles. The van der Waals surface area contributed by atoms with E-state index in [4.69, 9.17) is 16.3 Å². The molecule has 0 unspecified atom stereocenters. The number of ether oxygens (including phenoxy) is 1. The Morgan fingerprint density at radius 3 is 2.42 bits per heavy atom. The summed E-state index contributed by atoms with van der Waals surface area (Å²) < 4.78 is 53.2. The van der Waals surface area contributed by atoms with Crippen molar-refractivity contribution in [1.29, 1.82) is 0 Å². The van der Waals surface area contributed by atoms with E-state index in [1.165, 1.54) is 17.7 Å². The standard InChI is InChI=1S/C24H32ClNO5S2/c1-19-16-26(12-11-20-5-3-6-22(25)15-20)17-21(19)18-31-23-7-9-24(10-8-23)33(29,30)14-4-13-32(2,27)28/h3,5-10,15,19,21H,4,11-14,16-18H2,1-2H3/t19-,21-/m1/s1. The lowest BCUT2D eigenvalue weighted by molar-refractivity contribution is 0.225. The van der Waals surface area contributed by atoms with Crippen molar-refractivity contribution in [3.8, 4) is 5.75 Å². The minimum atomic E-state index is -3.51. The van der Waals surface area contributed by atoms with Crippen molar-refractivity contribution in [2.75, 3.05) is 44.0 Å². The van der Waals surface area contributed by atoms with Gasteiger partial charge in [0.1, 0.15) is 15.6 Å². The maximum Gasteiger partial charge on any atom is 0.178 e. The maximum atomic E-state index is 12.4. The number of nitrogens with zero attached hydrogens (tertiary/aromatic N) is 1. The van der Waals surface area contributed by atoms with Crippen molar-refractivity contribution in [2.45, 2.75) is 24.7 Å². The number of hydrogen-bond donors (Lipinski definition) is 0. The van der Waals surface area contributed by atoms with E-state index in [0.717, 1.165) is 37.3 Å². The lowest BCUT2D eigenvalue weighted by Crippen LogP contribution is -2.24. The van der Waals surface area contributed by atoms with Gasteiger partial charge in [-0.3, -0.25) is 0 Å². The molecule has 0 aromatic heterocycles. The monoisotopic (exact) mass is 513 g/mol. The number of sulfone groups is 2. The highest BCUT2D eigenvalue weighted by atomic mass is 35.5. The van der Waals surface area contributed by atoms with Gasteiger partial charge in [-0.15, -0.1) is 0 Å². The van der Waals surface area contributed by atoms with Crippen LogP contribution in [0.5, 0.6) is 5.75 Å². The van der Waals surface area contributed by atoms with Crippen molar-refractivity contribution >= 4 is 31.3 Å². The first-order chi connectivity index (χ1) is 15.5. The lowest BCUT2D eigenvalue weighted by atomic mass is 9.99. The quantitative estimate of drug-likeness (QED) is 0.455. The van der Waals surface area contributed by atoms with Gasteiger partial charge in [-0.2, -0.15) is 0 Å². The van der Waals surface area contributed by atoms with Gasteiger partial charge < -0.3 is 9.64 Å². The molecular formula is C24H32ClNO5S2. The van der Waals surface area contributed by atoms with E-state index in [2.05, 4.69) is 17.9 Å². The molecule has 0 aliphatic carbocycles. The largest absolute Gasteiger partial charge is 0.493 e. The molecular weight excluding hydrogens is 482 g/mol. The first-order valence-electron chi connectivity index (χ1n) is 11.1. The number of rotatable bonds is 11. The Morgan fingerprint density at radius 2 is 1.76 bits per heavy atom. The van der Waals surface area contributed by atoms with E-state index < -0.39 is 19.7 Å². The number of halogens is 1. The molecule has 0 radical (unpaired) electrons. The van der Waals surface area contributed by atoms with Crippen LogP contribution >= 0.6 is 11.6 Å². The van der Waals surface area contributed by atoms with E-state index in [1.807, 2.05) is 18.2 Å². The molecule has 33 heavy (non-hydrogen) atoms. The molecule has 2 aromatic carbocycles. The van der Waals surface area contributed by atoms with Gasteiger partial charge in [-0.25, -0.2) is 16.8 Å². The topological polar surface area (TPSA) is 80.8 Å². The van der Waals surface area contributed by atoms with Crippen LogP contribution in [0.15, 0.2) is 53.4 Å². The van der Waals surface area contributed by atoms with E-state index in [0.29, 0.717) is 24.2 Å². The summed E-state index contributed by atoms with van der Waals surface area (Å²) in [4.78, 5) is 2.64. The summed E-state index contributed by atoms with van der Waals surface area (Å²) in [6.07, 6.45) is 2.16. The second kappa shape index (κ2) is 11.2. The van der Waals surface area contributed by atoms with Gasteiger partial charge in [0.25, 0.3) is 0 Å². The lowest BCUT2D eigenvalue weighted by Gasteiger charge is -2.17. The Balaban J connectivity index is 1.46. The molecule has 9 heteroatoms. The first kappa shape index (κ1) is 26.0. The predicted octanol–water partition coefficient (Wildman–Crippen LogP) is 3.74. The zero-order valence-electron chi connectivity index (χ0n) is 19.1.